The minimum atomic E-state index is 0. The standard InChI is InChI=1S/C29H39NO2S.ClH/c1-6-8-15-30(16-9-7-2)17-12-18-32-29-21(3)19-24(20-22(29)4)28(31)27-23(5)33-26-14-11-10-13-25(26)27;/h10-11,13-14,19-20H,6-9,12,15-18H2,1-5H3;1H. The molecule has 1 aromatic heterocycles. The van der Waals surface area contributed by atoms with E-state index in [-0.39, 0.29) is 18.2 Å². The average molecular weight is 502 g/mol. The number of thiophene rings is 1. The van der Waals surface area contributed by atoms with Crippen LogP contribution in [-0.2, 0) is 0 Å². The van der Waals surface area contributed by atoms with Gasteiger partial charge in [-0.05, 0) is 82.4 Å². The second-order valence-electron chi connectivity index (χ2n) is 9.05. The molecule has 2 aromatic carbocycles. The van der Waals surface area contributed by atoms with Crippen molar-refractivity contribution in [2.45, 2.75) is 66.7 Å². The number of carbonyl (C=O) groups excluding carboxylic acids is 1. The molecule has 5 heteroatoms. The number of fused-ring (bicyclic) bond motifs is 1. The van der Waals surface area contributed by atoms with E-state index in [4.69, 9.17) is 4.74 Å². The summed E-state index contributed by atoms with van der Waals surface area (Å²) in [4.78, 5) is 17.1. The van der Waals surface area contributed by atoms with E-state index in [0.717, 1.165) is 51.2 Å². The Bertz CT molecular complexity index is 1040. The summed E-state index contributed by atoms with van der Waals surface area (Å²) in [6.45, 7) is 14.8. The Kier molecular flexibility index (Phi) is 11.6. The predicted octanol–water partition coefficient (Wildman–Crippen LogP) is 8.15. The van der Waals surface area contributed by atoms with Gasteiger partial charge >= 0.3 is 0 Å². The van der Waals surface area contributed by atoms with Gasteiger partial charge in [-0.3, -0.25) is 4.79 Å². The summed E-state index contributed by atoms with van der Waals surface area (Å²) in [6.07, 6.45) is 6.02. The highest BCUT2D eigenvalue weighted by atomic mass is 35.5. The van der Waals surface area contributed by atoms with E-state index in [2.05, 4.69) is 24.8 Å². The Balaban J connectivity index is 0.00000408. The van der Waals surface area contributed by atoms with Crippen LogP contribution in [0.3, 0.4) is 0 Å². The van der Waals surface area contributed by atoms with Crippen molar-refractivity contribution in [3.8, 4) is 5.75 Å². The zero-order valence-corrected chi connectivity index (χ0v) is 23.0. The van der Waals surface area contributed by atoms with Gasteiger partial charge in [-0.15, -0.1) is 23.7 Å². The van der Waals surface area contributed by atoms with Crippen LogP contribution in [0.2, 0.25) is 0 Å². The molecule has 0 spiro atoms. The number of unbranched alkanes of at least 4 members (excludes halogenated alkanes) is 2. The lowest BCUT2D eigenvalue weighted by molar-refractivity contribution is 0.104. The van der Waals surface area contributed by atoms with Crippen molar-refractivity contribution in [3.63, 3.8) is 0 Å². The van der Waals surface area contributed by atoms with Gasteiger partial charge in [0, 0.05) is 32.6 Å². The number of benzene rings is 2. The molecule has 0 unspecified atom stereocenters. The summed E-state index contributed by atoms with van der Waals surface area (Å²) in [6, 6.07) is 12.2. The predicted molar refractivity (Wildman–Crippen MR) is 150 cm³/mol. The number of nitrogens with zero attached hydrogens (tertiary/aromatic N) is 1. The monoisotopic (exact) mass is 501 g/mol. The number of hydrogen-bond acceptors (Lipinski definition) is 4. The molecule has 0 bridgehead atoms. The van der Waals surface area contributed by atoms with E-state index in [1.54, 1.807) is 11.3 Å². The molecule has 0 aliphatic rings. The second-order valence-corrected chi connectivity index (χ2v) is 10.3. The van der Waals surface area contributed by atoms with Gasteiger partial charge in [-0.1, -0.05) is 44.9 Å². The van der Waals surface area contributed by atoms with Crippen molar-refractivity contribution in [2.75, 3.05) is 26.2 Å². The molecular weight excluding hydrogens is 462 g/mol. The van der Waals surface area contributed by atoms with Crippen molar-refractivity contribution in [1.29, 1.82) is 0 Å². The smallest absolute Gasteiger partial charge is 0.194 e. The fourth-order valence-electron chi connectivity index (χ4n) is 4.46. The van der Waals surface area contributed by atoms with Gasteiger partial charge in [-0.2, -0.15) is 0 Å². The van der Waals surface area contributed by atoms with E-state index >= 15 is 0 Å². The fourth-order valence-corrected chi connectivity index (χ4v) is 5.53. The molecule has 3 nitrogen and oxygen atoms in total. The van der Waals surface area contributed by atoms with Crippen LogP contribution in [0.1, 0.15) is 77.9 Å². The van der Waals surface area contributed by atoms with Crippen molar-refractivity contribution >= 4 is 39.6 Å². The number of hydrogen-bond donors (Lipinski definition) is 0. The first-order valence-electron chi connectivity index (χ1n) is 12.5. The Morgan fingerprint density at radius 3 is 2.12 bits per heavy atom. The van der Waals surface area contributed by atoms with Crippen LogP contribution in [0.15, 0.2) is 36.4 Å². The summed E-state index contributed by atoms with van der Waals surface area (Å²) >= 11 is 1.69. The third-order valence-corrected chi connectivity index (χ3v) is 7.33. The highest BCUT2D eigenvalue weighted by Crippen LogP contribution is 2.33. The number of carbonyl (C=O) groups is 1. The topological polar surface area (TPSA) is 29.5 Å². The Labute approximate surface area is 215 Å². The molecule has 0 saturated heterocycles. The van der Waals surface area contributed by atoms with Crippen molar-refractivity contribution in [3.05, 3.63) is 63.5 Å². The second kappa shape index (κ2) is 13.9. The molecule has 0 radical (unpaired) electrons. The molecule has 3 aromatic rings. The van der Waals surface area contributed by atoms with E-state index in [1.807, 2.05) is 51.1 Å². The van der Waals surface area contributed by atoms with Crippen molar-refractivity contribution in [1.82, 2.24) is 4.90 Å². The SMILES string of the molecule is CCCCN(CCCC)CCCOc1c(C)cc(C(=O)c2c(C)sc3ccccc23)cc1C.Cl. The Hall–Kier alpha value is -1.88. The van der Waals surface area contributed by atoms with Gasteiger partial charge < -0.3 is 9.64 Å². The molecule has 0 aliphatic heterocycles. The van der Waals surface area contributed by atoms with Crippen LogP contribution < -0.4 is 4.74 Å². The molecule has 0 fully saturated rings. The third-order valence-electron chi connectivity index (χ3n) is 6.24. The summed E-state index contributed by atoms with van der Waals surface area (Å²) in [5, 5.41) is 1.05. The minimum absolute atomic E-state index is 0. The summed E-state index contributed by atoms with van der Waals surface area (Å²) in [5.74, 6) is 1.03. The van der Waals surface area contributed by atoms with Crippen LogP contribution in [0.4, 0.5) is 0 Å². The lowest BCUT2D eigenvalue weighted by atomic mass is 9.97. The molecule has 0 saturated carbocycles. The Morgan fingerprint density at radius 1 is 0.912 bits per heavy atom. The van der Waals surface area contributed by atoms with Gasteiger partial charge in [0.2, 0.25) is 0 Å². The number of rotatable bonds is 13. The van der Waals surface area contributed by atoms with Crippen LogP contribution in [0.25, 0.3) is 10.1 Å². The number of halogens is 1. The van der Waals surface area contributed by atoms with Crippen molar-refractivity contribution in [2.24, 2.45) is 0 Å². The Morgan fingerprint density at radius 2 is 1.50 bits per heavy atom. The fraction of sp³-hybridized carbons (Fsp3) is 0.483. The summed E-state index contributed by atoms with van der Waals surface area (Å²) in [5.41, 5.74) is 3.64. The van der Waals surface area contributed by atoms with Crippen molar-refractivity contribution < 1.29 is 9.53 Å². The highest BCUT2D eigenvalue weighted by Gasteiger charge is 2.19. The number of ether oxygens (including phenoxy) is 1. The zero-order chi connectivity index (χ0) is 23.8. The van der Waals surface area contributed by atoms with Crippen LogP contribution in [0.5, 0.6) is 5.75 Å². The van der Waals surface area contributed by atoms with Gasteiger partial charge in [0.25, 0.3) is 0 Å². The van der Waals surface area contributed by atoms with E-state index < -0.39 is 0 Å². The number of ketones is 1. The average Bonchev–Trinajstić information content (AvgIpc) is 3.14. The quantitative estimate of drug-likeness (QED) is 0.175. The minimum Gasteiger partial charge on any atom is -0.493 e. The molecular formula is C29H40ClNO2S. The summed E-state index contributed by atoms with van der Waals surface area (Å²) in [7, 11) is 0. The molecule has 34 heavy (non-hydrogen) atoms. The van der Waals surface area contributed by atoms with Crippen LogP contribution in [-0.4, -0.2) is 36.9 Å². The zero-order valence-electron chi connectivity index (χ0n) is 21.4. The molecule has 3 rings (SSSR count). The first kappa shape index (κ1) is 28.4. The molecule has 1 heterocycles. The lowest BCUT2D eigenvalue weighted by Crippen LogP contribution is -2.28. The summed E-state index contributed by atoms with van der Waals surface area (Å²) < 4.78 is 7.38. The molecule has 0 aliphatic carbocycles. The molecule has 0 amide bonds. The third kappa shape index (κ3) is 7.07. The normalized spacial score (nSPS) is 11.1. The first-order chi connectivity index (χ1) is 16.0. The van der Waals surface area contributed by atoms with Crippen LogP contribution in [0, 0.1) is 20.8 Å². The maximum absolute atomic E-state index is 13.4. The van der Waals surface area contributed by atoms with E-state index in [0.29, 0.717) is 6.61 Å². The van der Waals surface area contributed by atoms with E-state index in [1.165, 1.54) is 43.5 Å². The maximum Gasteiger partial charge on any atom is 0.194 e. The van der Waals surface area contributed by atoms with Gasteiger partial charge in [0.15, 0.2) is 5.78 Å². The van der Waals surface area contributed by atoms with E-state index in [9.17, 15) is 4.79 Å². The molecule has 186 valence electrons. The largest absolute Gasteiger partial charge is 0.493 e. The van der Waals surface area contributed by atoms with Gasteiger partial charge in [0.05, 0.1) is 6.61 Å². The van der Waals surface area contributed by atoms with Gasteiger partial charge in [-0.25, -0.2) is 0 Å². The van der Waals surface area contributed by atoms with Gasteiger partial charge in [0.1, 0.15) is 5.75 Å². The van der Waals surface area contributed by atoms with Crippen LogP contribution >= 0.6 is 23.7 Å². The first-order valence-corrected chi connectivity index (χ1v) is 13.3. The lowest BCUT2D eigenvalue weighted by Gasteiger charge is -2.22. The maximum atomic E-state index is 13.4. The molecule has 0 N–H and O–H groups in total. The highest BCUT2D eigenvalue weighted by molar-refractivity contribution is 7.19. The number of aryl methyl sites for hydroxylation is 3. The molecule has 0 atom stereocenters.